The summed E-state index contributed by atoms with van der Waals surface area (Å²) in [6.07, 6.45) is 0.853. The number of amides is 7. The Morgan fingerprint density at radius 3 is 1.88 bits per heavy atom. The number of azide groups is 1. The van der Waals surface area contributed by atoms with E-state index in [9.17, 15) is 62.9 Å². The smallest absolute Gasteiger partial charge is 0.326 e. The number of aliphatic carboxylic acids is 3. The quantitative estimate of drug-likeness (QED) is 0.0168. The SMILES string of the molecule is [N-]=[N+]=NCCCNC(=O)[C@H](Cc1ccc(O)cc1)NC(=O)[C@H](Cc1ccccc1)NC(=O)CCC(=O)NCCCCCC(=O)N(CCCC[C@H](NC(=O)N[C@@H](CCC(=O)O)C(=O)O)C(=O)O)Cc1ccc(Cl)c(F)c1. The number of phenolic OH excluding ortho intramolecular Hbond substituents is 1. The number of benzene rings is 3. The molecule has 0 saturated carbocycles. The molecule has 25 heteroatoms. The van der Waals surface area contributed by atoms with E-state index in [0.717, 1.165) is 0 Å². The molecule has 0 heterocycles. The Labute approximate surface area is 437 Å². The summed E-state index contributed by atoms with van der Waals surface area (Å²) in [5, 5.41) is 56.1. The van der Waals surface area contributed by atoms with Crippen LogP contribution in [0.1, 0.15) is 93.7 Å². The maximum atomic E-state index is 14.3. The number of unbranched alkanes of at least 4 members (excludes halogenated alkanes) is 3. The average molecular weight is 1070 g/mol. The number of halogens is 2. The number of carbonyl (C=O) groups is 9. The van der Waals surface area contributed by atoms with Gasteiger partial charge in [0.05, 0.1) is 5.02 Å². The zero-order valence-electron chi connectivity index (χ0n) is 41.2. The zero-order valence-corrected chi connectivity index (χ0v) is 41.9. The first-order valence-corrected chi connectivity index (χ1v) is 24.7. The Kier molecular flexibility index (Phi) is 27.5. The molecule has 0 bridgehead atoms. The molecule has 10 N–H and O–H groups in total. The van der Waals surface area contributed by atoms with Gasteiger partial charge in [0.1, 0.15) is 35.7 Å². The summed E-state index contributed by atoms with van der Waals surface area (Å²) in [5.41, 5.74) is 10.3. The molecule has 0 aliphatic rings. The van der Waals surface area contributed by atoms with Crippen molar-refractivity contribution in [1.29, 1.82) is 0 Å². The van der Waals surface area contributed by atoms with Crippen LogP contribution in [0.5, 0.6) is 5.75 Å². The molecule has 3 rings (SSSR count). The van der Waals surface area contributed by atoms with Gasteiger partial charge in [0.25, 0.3) is 0 Å². The number of nitrogens with zero attached hydrogens (tertiary/aromatic N) is 4. The number of carboxylic acid groups (broad SMARTS) is 3. The van der Waals surface area contributed by atoms with E-state index in [-0.39, 0.29) is 101 Å². The van der Waals surface area contributed by atoms with E-state index < -0.39 is 90.4 Å². The molecular formula is C50H64ClFN10O13. The highest BCUT2D eigenvalue weighted by Gasteiger charge is 2.29. The Morgan fingerprint density at radius 2 is 1.24 bits per heavy atom. The molecule has 0 aromatic heterocycles. The Bertz CT molecular complexity index is 2450. The monoisotopic (exact) mass is 1070 g/mol. The standard InChI is InChI=1S/C50H64ClFN10O13/c51-36-19-16-34(28-37(36)52)31-62(27-8-6-12-38(48(71)72)59-50(75)60-39(49(73)74)20-23-45(67)68)44(66)13-5-2-7-24-54-42(64)21-22-43(65)57-41(29-32-10-3-1-4-11-32)47(70)58-40(30-33-14-17-35(63)18-15-33)46(69)55-25-9-26-56-61-53/h1,3-4,10-11,14-19,28,38-41,63H,2,5-9,12-13,20-27,29-31H2,(H,54,64)(H,55,69)(H,57,65)(H,58,70)(H,67,68)(H,71,72)(H,73,74)(H2,59,60,75)/t38-,39-,40-,41-/m0/s1. The number of carbonyl (C=O) groups excluding carboxylic acids is 6. The second kappa shape index (κ2) is 33.7. The minimum atomic E-state index is -1.57. The number of aromatic hydroxyl groups is 1. The molecule has 3 aromatic carbocycles. The van der Waals surface area contributed by atoms with Crippen molar-refractivity contribution in [3.63, 3.8) is 0 Å². The number of carboxylic acids is 3. The van der Waals surface area contributed by atoms with Crippen molar-refractivity contribution in [1.82, 2.24) is 36.8 Å². The lowest BCUT2D eigenvalue weighted by Gasteiger charge is -2.24. The molecule has 0 radical (unpaired) electrons. The van der Waals surface area contributed by atoms with Gasteiger partial charge in [-0.1, -0.05) is 71.7 Å². The fraction of sp³-hybridized carbons (Fsp3) is 0.460. The molecule has 0 fully saturated rings. The van der Waals surface area contributed by atoms with E-state index >= 15 is 0 Å². The van der Waals surface area contributed by atoms with Crippen LogP contribution in [0.2, 0.25) is 5.02 Å². The van der Waals surface area contributed by atoms with Gasteiger partial charge in [-0.25, -0.2) is 18.8 Å². The number of hydrogen-bond acceptors (Lipinski definition) is 11. The highest BCUT2D eigenvalue weighted by Crippen LogP contribution is 2.19. The molecule has 23 nitrogen and oxygen atoms in total. The van der Waals surface area contributed by atoms with Gasteiger partial charge in [0.15, 0.2) is 0 Å². The van der Waals surface area contributed by atoms with Crippen LogP contribution in [-0.4, -0.2) is 129 Å². The second-order valence-electron chi connectivity index (χ2n) is 17.4. The van der Waals surface area contributed by atoms with E-state index in [1.165, 1.54) is 29.2 Å². The van der Waals surface area contributed by atoms with Crippen LogP contribution in [0.15, 0.2) is 77.9 Å². The molecule has 75 heavy (non-hydrogen) atoms. The normalized spacial score (nSPS) is 12.3. The molecular weight excluding hydrogens is 1000 g/mol. The maximum absolute atomic E-state index is 14.3. The fourth-order valence-corrected chi connectivity index (χ4v) is 7.54. The lowest BCUT2D eigenvalue weighted by atomic mass is 10.0. The van der Waals surface area contributed by atoms with Crippen molar-refractivity contribution in [2.24, 2.45) is 5.11 Å². The predicted molar refractivity (Wildman–Crippen MR) is 270 cm³/mol. The van der Waals surface area contributed by atoms with Crippen LogP contribution < -0.4 is 31.9 Å². The van der Waals surface area contributed by atoms with Gasteiger partial charge in [-0.05, 0) is 91.4 Å². The summed E-state index contributed by atoms with van der Waals surface area (Å²) in [5.74, 6) is -7.35. The topological polar surface area (TPSA) is 359 Å². The van der Waals surface area contributed by atoms with Gasteiger partial charge in [0, 0.05) is 76.2 Å². The van der Waals surface area contributed by atoms with E-state index in [2.05, 4.69) is 41.9 Å². The summed E-state index contributed by atoms with van der Waals surface area (Å²) in [6, 6.07) is 12.7. The highest BCUT2D eigenvalue weighted by molar-refractivity contribution is 6.30. The molecule has 0 saturated heterocycles. The lowest BCUT2D eigenvalue weighted by Crippen LogP contribution is -2.55. The largest absolute Gasteiger partial charge is 0.508 e. The molecule has 406 valence electrons. The van der Waals surface area contributed by atoms with Gasteiger partial charge < -0.3 is 57.2 Å². The first-order valence-electron chi connectivity index (χ1n) is 24.3. The van der Waals surface area contributed by atoms with Crippen molar-refractivity contribution in [3.8, 4) is 5.75 Å². The van der Waals surface area contributed by atoms with Crippen LogP contribution >= 0.6 is 11.6 Å². The van der Waals surface area contributed by atoms with Gasteiger partial charge >= 0.3 is 23.9 Å². The second-order valence-corrected chi connectivity index (χ2v) is 17.8. The minimum absolute atomic E-state index is 0.00506. The number of nitrogens with one attached hydrogen (secondary N) is 6. The average Bonchev–Trinajstić information content (AvgIpc) is 3.37. The predicted octanol–water partition coefficient (Wildman–Crippen LogP) is 4.48. The van der Waals surface area contributed by atoms with Crippen LogP contribution in [0.3, 0.4) is 0 Å². The third kappa shape index (κ3) is 25.0. The third-order valence-electron chi connectivity index (χ3n) is 11.4. The van der Waals surface area contributed by atoms with Crippen molar-refractivity contribution in [2.45, 2.75) is 121 Å². The van der Waals surface area contributed by atoms with E-state index in [0.29, 0.717) is 42.4 Å². The molecule has 0 spiro atoms. The van der Waals surface area contributed by atoms with Gasteiger partial charge in [-0.2, -0.15) is 0 Å². The molecule has 0 aliphatic carbocycles. The number of phenols is 1. The summed E-state index contributed by atoms with van der Waals surface area (Å²) in [6.45, 7) is 0.676. The first kappa shape index (κ1) is 61.3. The number of hydrogen-bond donors (Lipinski definition) is 10. The Balaban J connectivity index is 1.51. The molecule has 0 aliphatic heterocycles. The molecule has 0 unspecified atom stereocenters. The number of rotatable bonds is 35. The highest BCUT2D eigenvalue weighted by atomic mass is 35.5. The third-order valence-corrected chi connectivity index (χ3v) is 11.8. The summed E-state index contributed by atoms with van der Waals surface area (Å²) < 4.78 is 14.3. The van der Waals surface area contributed by atoms with Crippen LogP contribution in [0, 0.1) is 5.82 Å². The van der Waals surface area contributed by atoms with E-state index in [1.807, 2.05) is 0 Å². The van der Waals surface area contributed by atoms with E-state index in [1.54, 1.807) is 48.5 Å². The van der Waals surface area contributed by atoms with Crippen LogP contribution in [-0.2, 0) is 57.7 Å². The Hall–Kier alpha value is -7.98. The summed E-state index contributed by atoms with van der Waals surface area (Å²) in [7, 11) is 0. The summed E-state index contributed by atoms with van der Waals surface area (Å²) in [4.78, 5) is 117. The first-order chi connectivity index (χ1) is 35.8. The summed E-state index contributed by atoms with van der Waals surface area (Å²) >= 11 is 5.85. The molecule has 3 aromatic rings. The molecule has 4 atom stereocenters. The number of urea groups is 1. The Morgan fingerprint density at radius 1 is 0.627 bits per heavy atom. The van der Waals surface area contributed by atoms with Crippen LogP contribution in [0.25, 0.3) is 10.4 Å². The fourth-order valence-electron chi connectivity index (χ4n) is 7.43. The van der Waals surface area contributed by atoms with Crippen molar-refractivity contribution >= 4 is 65.1 Å². The lowest BCUT2D eigenvalue weighted by molar-refractivity contribution is -0.141. The van der Waals surface area contributed by atoms with Crippen molar-refractivity contribution < 1.29 is 68.0 Å². The van der Waals surface area contributed by atoms with Crippen molar-refractivity contribution in [3.05, 3.63) is 111 Å². The molecule has 7 amide bonds. The maximum Gasteiger partial charge on any atom is 0.326 e. The van der Waals surface area contributed by atoms with Crippen molar-refractivity contribution in [2.75, 3.05) is 26.2 Å². The van der Waals surface area contributed by atoms with Gasteiger partial charge in [-0.3, -0.25) is 28.8 Å². The zero-order chi connectivity index (χ0) is 55.1. The van der Waals surface area contributed by atoms with Gasteiger partial charge in [-0.15, -0.1) is 0 Å². The van der Waals surface area contributed by atoms with Crippen LogP contribution in [0.4, 0.5) is 9.18 Å². The van der Waals surface area contributed by atoms with E-state index in [4.69, 9.17) is 22.2 Å². The van der Waals surface area contributed by atoms with Gasteiger partial charge in [0.2, 0.25) is 29.5 Å². The minimum Gasteiger partial charge on any atom is -0.508 e.